The average Bonchev–Trinajstić information content (AvgIpc) is 2.30. The van der Waals surface area contributed by atoms with Crippen LogP contribution in [0.3, 0.4) is 0 Å². The standard InChI is InChI=1S/C13H13BrClF2NO/c14-7-5-9(16)12(10(17)6-7)13(19)18-11-4-2-1-3-8(11)15/h5-6,8,11H,1-4H2,(H,18,19). The molecule has 0 spiro atoms. The van der Waals surface area contributed by atoms with Crippen LogP contribution in [0.1, 0.15) is 36.0 Å². The van der Waals surface area contributed by atoms with E-state index < -0.39 is 23.1 Å². The number of hydrogen-bond donors (Lipinski definition) is 1. The lowest BCUT2D eigenvalue weighted by molar-refractivity contribution is 0.0920. The smallest absolute Gasteiger partial charge is 0.257 e. The van der Waals surface area contributed by atoms with E-state index in [0.29, 0.717) is 0 Å². The topological polar surface area (TPSA) is 29.1 Å². The van der Waals surface area contributed by atoms with Gasteiger partial charge >= 0.3 is 0 Å². The molecule has 2 nitrogen and oxygen atoms in total. The molecular weight excluding hydrogens is 340 g/mol. The lowest BCUT2D eigenvalue weighted by Crippen LogP contribution is -2.43. The van der Waals surface area contributed by atoms with Gasteiger partial charge in [-0.25, -0.2) is 8.78 Å². The van der Waals surface area contributed by atoms with E-state index in [4.69, 9.17) is 11.6 Å². The van der Waals surface area contributed by atoms with Gasteiger partial charge in [0.15, 0.2) is 0 Å². The number of rotatable bonds is 2. The predicted octanol–water partition coefficient (Wildman–Crippen LogP) is 4.01. The molecular formula is C13H13BrClF2NO. The number of benzene rings is 1. The molecule has 1 saturated carbocycles. The molecule has 1 aromatic rings. The van der Waals surface area contributed by atoms with Crippen LogP contribution in [-0.4, -0.2) is 17.3 Å². The van der Waals surface area contributed by atoms with E-state index in [-0.39, 0.29) is 15.9 Å². The highest BCUT2D eigenvalue weighted by Crippen LogP contribution is 2.24. The first kappa shape index (κ1) is 14.7. The van der Waals surface area contributed by atoms with Crippen molar-refractivity contribution in [2.45, 2.75) is 37.1 Å². The third-order valence-electron chi connectivity index (χ3n) is 3.23. The van der Waals surface area contributed by atoms with Crippen LogP contribution in [-0.2, 0) is 0 Å². The SMILES string of the molecule is O=C(NC1CCCCC1Cl)c1c(F)cc(Br)cc1F. The molecule has 1 amide bonds. The lowest BCUT2D eigenvalue weighted by atomic mass is 9.94. The fourth-order valence-corrected chi connectivity index (χ4v) is 2.99. The molecule has 1 aromatic carbocycles. The molecule has 1 fully saturated rings. The van der Waals surface area contributed by atoms with Crippen LogP contribution in [0.25, 0.3) is 0 Å². The second kappa shape index (κ2) is 6.18. The first-order valence-corrected chi connectivity index (χ1v) is 7.31. The maximum Gasteiger partial charge on any atom is 0.257 e. The van der Waals surface area contributed by atoms with Crippen molar-refractivity contribution < 1.29 is 13.6 Å². The normalized spacial score (nSPS) is 23.2. The van der Waals surface area contributed by atoms with Crippen molar-refractivity contribution in [1.29, 1.82) is 0 Å². The van der Waals surface area contributed by atoms with E-state index in [2.05, 4.69) is 21.2 Å². The highest BCUT2D eigenvalue weighted by atomic mass is 79.9. The Morgan fingerprint density at radius 1 is 1.26 bits per heavy atom. The molecule has 19 heavy (non-hydrogen) atoms. The van der Waals surface area contributed by atoms with Gasteiger partial charge in [-0.1, -0.05) is 28.8 Å². The molecule has 1 aliphatic rings. The Balaban J connectivity index is 2.16. The Morgan fingerprint density at radius 3 is 2.42 bits per heavy atom. The minimum absolute atomic E-state index is 0.181. The molecule has 0 heterocycles. The second-order valence-electron chi connectivity index (χ2n) is 4.62. The zero-order valence-corrected chi connectivity index (χ0v) is 12.4. The highest BCUT2D eigenvalue weighted by molar-refractivity contribution is 9.10. The van der Waals surface area contributed by atoms with Gasteiger partial charge in [0.2, 0.25) is 0 Å². The van der Waals surface area contributed by atoms with Crippen molar-refractivity contribution in [1.82, 2.24) is 5.32 Å². The number of nitrogens with one attached hydrogen (secondary N) is 1. The van der Waals surface area contributed by atoms with Gasteiger partial charge < -0.3 is 5.32 Å². The molecule has 2 unspecified atom stereocenters. The monoisotopic (exact) mass is 351 g/mol. The molecule has 1 aliphatic carbocycles. The van der Waals surface area contributed by atoms with Crippen LogP contribution in [0, 0.1) is 11.6 Å². The Kier molecular flexibility index (Phi) is 4.79. The van der Waals surface area contributed by atoms with Gasteiger partial charge in [0, 0.05) is 10.5 Å². The summed E-state index contributed by atoms with van der Waals surface area (Å²) in [5.41, 5.74) is -0.558. The molecule has 0 bridgehead atoms. The summed E-state index contributed by atoms with van der Waals surface area (Å²) in [5.74, 6) is -2.52. The number of carbonyl (C=O) groups is 1. The number of carbonyl (C=O) groups excluding carboxylic acids is 1. The second-order valence-corrected chi connectivity index (χ2v) is 6.10. The zero-order valence-electron chi connectivity index (χ0n) is 10.1. The molecule has 2 rings (SSSR count). The van der Waals surface area contributed by atoms with Gasteiger partial charge in [-0.2, -0.15) is 0 Å². The fraction of sp³-hybridized carbons (Fsp3) is 0.462. The quantitative estimate of drug-likeness (QED) is 0.801. The van der Waals surface area contributed by atoms with Crippen LogP contribution in [0.15, 0.2) is 16.6 Å². The van der Waals surface area contributed by atoms with E-state index in [9.17, 15) is 13.6 Å². The van der Waals surface area contributed by atoms with Gasteiger partial charge in [-0.05, 0) is 25.0 Å². The Labute approximate surface area is 123 Å². The molecule has 0 aromatic heterocycles. The largest absolute Gasteiger partial charge is 0.348 e. The Bertz CT molecular complexity index is 475. The molecule has 0 saturated heterocycles. The van der Waals surface area contributed by atoms with Crippen molar-refractivity contribution in [3.05, 3.63) is 33.8 Å². The molecule has 0 aliphatic heterocycles. The van der Waals surface area contributed by atoms with E-state index in [1.165, 1.54) is 0 Å². The van der Waals surface area contributed by atoms with Crippen molar-refractivity contribution in [2.75, 3.05) is 0 Å². The third-order valence-corrected chi connectivity index (χ3v) is 4.21. The molecule has 1 N–H and O–H groups in total. The van der Waals surface area contributed by atoms with Crippen molar-refractivity contribution in [2.24, 2.45) is 0 Å². The molecule has 0 radical (unpaired) electrons. The number of halogens is 4. The van der Waals surface area contributed by atoms with E-state index >= 15 is 0 Å². The van der Waals surface area contributed by atoms with Crippen LogP contribution < -0.4 is 5.32 Å². The summed E-state index contributed by atoms with van der Waals surface area (Å²) in [4.78, 5) is 11.9. The van der Waals surface area contributed by atoms with Gasteiger partial charge in [-0.15, -0.1) is 11.6 Å². The maximum atomic E-state index is 13.6. The first-order valence-electron chi connectivity index (χ1n) is 6.08. The number of hydrogen-bond acceptors (Lipinski definition) is 1. The molecule has 104 valence electrons. The summed E-state index contributed by atoms with van der Waals surface area (Å²) in [5, 5.41) is 2.44. The first-order chi connectivity index (χ1) is 8.99. The van der Waals surface area contributed by atoms with E-state index in [1.807, 2.05) is 0 Å². The summed E-state index contributed by atoms with van der Waals surface area (Å²) in [6.07, 6.45) is 3.51. The fourth-order valence-electron chi connectivity index (χ4n) is 2.25. The molecule has 6 heteroatoms. The summed E-state index contributed by atoms with van der Waals surface area (Å²) < 4.78 is 27.6. The van der Waals surface area contributed by atoms with Gasteiger partial charge in [0.05, 0.1) is 5.38 Å². The van der Waals surface area contributed by atoms with Crippen LogP contribution in [0.4, 0.5) is 8.78 Å². The van der Waals surface area contributed by atoms with E-state index in [1.54, 1.807) is 0 Å². The van der Waals surface area contributed by atoms with Crippen molar-refractivity contribution >= 4 is 33.4 Å². The van der Waals surface area contributed by atoms with Crippen LogP contribution >= 0.6 is 27.5 Å². The van der Waals surface area contributed by atoms with Crippen LogP contribution in [0.2, 0.25) is 0 Å². The van der Waals surface area contributed by atoms with E-state index in [0.717, 1.165) is 37.8 Å². The number of alkyl halides is 1. The Morgan fingerprint density at radius 2 is 1.84 bits per heavy atom. The zero-order chi connectivity index (χ0) is 14.0. The minimum atomic E-state index is -0.883. The summed E-state index contributed by atoms with van der Waals surface area (Å²) >= 11 is 9.08. The molecule has 2 atom stereocenters. The van der Waals surface area contributed by atoms with Gasteiger partial charge in [-0.3, -0.25) is 4.79 Å². The highest BCUT2D eigenvalue weighted by Gasteiger charge is 2.27. The predicted molar refractivity (Wildman–Crippen MR) is 73.4 cm³/mol. The minimum Gasteiger partial charge on any atom is -0.348 e. The van der Waals surface area contributed by atoms with Gasteiger partial charge in [0.25, 0.3) is 5.91 Å². The summed E-state index contributed by atoms with van der Waals surface area (Å²) in [6, 6.07) is 1.90. The maximum absolute atomic E-state index is 13.6. The van der Waals surface area contributed by atoms with Gasteiger partial charge in [0.1, 0.15) is 17.2 Å². The lowest BCUT2D eigenvalue weighted by Gasteiger charge is -2.27. The Hall–Kier alpha value is -0.680. The van der Waals surface area contributed by atoms with Crippen LogP contribution in [0.5, 0.6) is 0 Å². The summed E-state index contributed by atoms with van der Waals surface area (Å²) in [7, 11) is 0. The van der Waals surface area contributed by atoms with Crippen molar-refractivity contribution in [3.63, 3.8) is 0 Å². The third kappa shape index (κ3) is 3.45. The number of amides is 1. The summed E-state index contributed by atoms with van der Waals surface area (Å²) in [6.45, 7) is 0. The average molecular weight is 353 g/mol. The van der Waals surface area contributed by atoms with Crippen molar-refractivity contribution in [3.8, 4) is 0 Å².